The van der Waals surface area contributed by atoms with Crippen molar-refractivity contribution in [1.82, 2.24) is 15.4 Å². The first-order chi connectivity index (χ1) is 14.0. The van der Waals surface area contributed by atoms with Crippen LogP contribution in [0.2, 0.25) is 0 Å². The molecule has 172 valence electrons. The SMILES string of the molecule is CCNC(=NCc1ccc(C)c(F)c1)NCc1ccccc1S(=O)(=O)NC(C)(C)C.I. The van der Waals surface area contributed by atoms with Crippen LogP contribution in [0.4, 0.5) is 4.39 Å². The van der Waals surface area contributed by atoms with Gasteiger partial charge in [0.1, 0.15) is 5.82 Å². The molecule has 0 amide bonds. The zero-order chi connectivity index (χ0) is 22.4. The van der Waals surface area contributed by atoms with Crippen LogP contribution in [0.1, 0.15) is 44.4 Å². The van der Waals surface area contributed by atoms with Crippen molar-refractivity contribution in [3.8, 4) is 0 Å². The molecule has 0 radical (unpaired) electrons. The van der Waals surface area contributed by atoms with Gasteiger partial charge in [-0.05, 0) is 63.4 Å². The van der Waals surface area contributed by atoms with Crippen LogP contribution in [0, 0.1) is 12.7 Å². The number of hydrogen-bond donors (Lipinski definition) is 3. The summed E-state index contributed by atoms with van der Waals surface area (Å²) in [4.78, 5) is 4.71. The molecule has 2 aromatic rings. The molecule has 0 saturated heterocycles. The minimum atomic E-state index is -3.66. The van der Waals surface area contributed by atoms with Gasteiger partial charge in [0.2, 0.25) is 10.0 Å². The van der Waals surface area contributed by atoms with Gasteiger partial charge in [-0.15, -0.1) is 24.0 Å². The van der Waals surface area contributed by atoms with E-state index in [0.29, 0.717) is 30.2 Å². The molecule has 31 heavy (non-hydrogen) atoms. The average molecular weight is 562 g/mol. The van der Waals surface area contributed by atoms with Gasteiger partial charge in [-0.1, -0.05) is 30.3 Å². The number of guanidine groups is 1. The van der Waals surface area contributed by atoms with E-state index in [2.05, 4.69) is 20.3 Å². The number of halogens is 2. The minimum Gasteiger partial charge on any atom is -0.357 e. The number of nitrogens with zero attached hydrogens (tertiary/aromatic N) is 1. The van der Waals surface area contributed by atoms with Gasteiger partial charge in [0.25, 0.3) is 0 Å². The zero-order valence-electron chi connectivity index (χ0n) is 18.6. The summed E-state index contributed by atoms with van der Waals surface area (Å²) in [6, 6.07) is 11.9. The minimum absolute atomic E-state index is 0. The lowest BCUT2D eigenvalue weighted by molar-refractivity contribution is 0.491. The molecular formula is C22H32FIN4O2S. The summed E-state index contributed by atoms with van der Waals surface area (Å²) in [6.45, 7) is 10.3. The summed E-state index contributed by atoms with van der Waals surface area (Å²) < 4.78 is 42.0. The Bertz CT molecular complexity index is 1000. The Labute approximate surface area is 202 Å². The molecule has 0 unspecified atom stereocenters. The Morgan fingerprint density at radius 1 is 1.10 bits per heavy atom. The number of nitrogens with one attached hydrogen (secondary N) is 3. The molecule has 3 N–H and O–H groups in total. The fraction of sp³-hybridized carbons (Fsp3) is 0.409. The molecule has 0 aliphatic rings. The number of benzene rings is 2. The van der Waals surface area contributed by atoms with Gasteiger partial charge in [-0.25, -0.2) is 22.5 Å². The molecule has 9 heteroatoms. The first-order valence-corrected chi connectivity index (χ1v) is 11.4. The van der Waals surface area contributed by atoms with E-state index >= 15 is 0 Å². The second-order valence-electron chi connectivity index (χ2n) is 8.10. The number of rotatable bonds is 7. The second kappa shape index (κ2) is 11.8. The van der Waals surface area contributed by atoms with E-state index < -0.39 is 15.6 Å². The largest absolute Gasteiger partial charge is 0.357 e. The highest BCUT2D eigenvalue weighted by Crippen LogP contribution is 2.18. The van der Waals surface area contributed by atoms with E-state index in [4.69, 9.17) is 0 Å². The van der Waals surface area contributed by atoms with E-state index in [1.165, 1.54) is 6.07 Å². The molecule has 0 heterocycles. The molecule has 0 aliphatic heterocycles. The molecule has 0 atom stereocenters. The highest BCUT2D eigenvalue weighted by molar-refractivity contribution is 14.0. The van der Waals surface area contributed by atoms with Crippen molar-refractivity contribution < 1.29 is 12.8 Å². The summed E-state index contributed by atoms with van der Waals surface area (Å²) in [7, 11) is -3.66. The number of hydrogen-bond acceptors (Lipinski definition) is 3. The Morgan fingerprint density at radius 3 is 2.39 bits per heavy atom. The van der Waals surface area contributed by atoms with E-state index in [9.17, 15) is 12.8 Å². The van der Waals surface area contributed by atoms with Crippen LogP contribution in [0.3, 0.4) is 0 Å². The molecule has 6 nitrogen and oxygen atoms in total. The molecule has 2 aromatic carbocycles. The second-order valence-corrected chi connectivity index (χ2v) is 9.75. The van der Waals surface area contributed by atoms with Crippen LogP contribution in [-0.2, 0) is 23.1 Å². The molecule has 0 aliphatic carbocycles. The van der Waals surface area contributed by atoms with Crippen molar-refractivity contribution in [2.75, 3.05) is 6.54 Å². The summed E-state index contributed by atoms with van der Waals surface area (Å²) in [5, 5.41) is 6.29. The van der Waals surface area contributed by atoms with Gasteiger partial charge in [0.05, 0.1) is 11.4 Å². The highest BCUT2D eigenvalue weighted by Gasteiger charge is 2.24. The fourth-order valence-corrected chi connectivity index (χ4v) is 4.46. The fourth-order valence-electron chi connectivity index (χ4n) is 2.80. The predicted molar refractivity (Wildman–Crippen MR) is 135 cm³/mol. The average Bonchev–Trinajstić information content (AvgIpc) is 2.65. The van der Waals surface area contributed by atoms with E-state index in [-0.39, 0.29) is 41.2 Å². The maximum atomic E-state index is 13.8. The van der Waals surface area contributed by atoms with Crippen molar-refractivity contribution in [3.63, 3.8) is 0 Å². The van der Waals surface area contributed by atoms with E-state index in [1.54, 1.807) is 58.0 Å². The van der Waals surface area contributed by atoms with Gasteiger partial charge in [0.15, 0.2) is 5.96 Å². The van der Waals surface area contributed by atoms with Crippen LogP contribution in [-0.4, -0.2) is 26.5 Å². The summed E-state index contributed by atoms with van der Waals surface area (Å²) in [6.07, 6.45) is 0. The van der Waals surface area contributed by atoms with E-state index in [0.717, 1.165) is 5.56 Å². The standard InChI is InChI=1S/C22H31FN4O2S.HI/c1-6-24-21(25-14-17-12-11-16(2)19(23)13-17)26-15-18-9-7-8-10-20(18)30(28,29)27-22(3,4)5;/h7-13,27H,6,14-15H2,1-5H3,(H2,24,25,26);1H. The Balaban J connectivity index is 0.00000480. The molecule has 0 fully saturated rings. The number of aliphatic imine (C=N–C) groups is 1. The first-order valence-electron chi connectivity index (χ1n) is 9.91. The van der Waals surface area contributed by atoms with Crippen LogP contribution in [0.5, 0.6) is 0 Å². The third-order valence-electron chi connectivity index (χ3n) is 4.15. The van der Waals surface area contributed by atoms with Gasteiger partial charge < -0.3 is 10.6 Å². The highest BCUT2D eigenvalue weighted by atomic mass is 127. The number of aryl methyl sites for hydroxylation is 1. The molecule has 0 saturated carbocycles. The van der Waals surface area contributed by atoms with Crippen molar-refractivity contribution in [3.05, 3.63) is 65.0 Å². The molecular weight excluding hydrogens is 530 g/mol. The zero-order valence-corrected chi connectivity index (χ0v) is 21.8. The van der Waals surface area contributed by atoms with Crippen molar-refractivity contribution in [2.45, 2.75) is 58.1 Å². The van der Waals surface area contributed by atoms with Crippen molar-refractivity contribution in [2.24, 2.45) is 4.99 Å². The lowest BCUT2D eigenvalue weighted by Gasteiger charge is -2.22. The normalized spacial score (nSPS) is 12.3. The third-order valence-corrected chi connectivity index (χ3v) is 6.01. The van der Waals surface area contributed by atoms with Crippen LogP contribution in [0.25, 0.3) is 0 Å². The lowest BCUT2D eigenvalue weighted by Crippen LogP contribution is -2.41. The van der Waals surface area contributed by atoms with E-state index in [1.807, 2.05) is 13.0 Å². The first kappa shape index (κ1) is 27.3. The summed E-state index contributed by atoms with van der Waals surface area (Å²) >= 11 is 0. The topological polar surface area (TPSA) is 82.6 Å². The summed E-state index contributed by atoms with van der Waals surface area (Å²) in [5.41, 5.74) is 1.39. The van der Waals surface area contributed by atoms with Crippen molar-refractivity contribution in [1.29, 1.82) is 0 Å². The lowest BCUT2D eigenvalue weighted by atomic mass is 10.1. The quantitative estimate of drug-likeness (QED) is 0.270. The van der Waals surface area contributed by atoms with Gasteiger partial charge in [-0.3, -0.25) is 0 Å². The van der Waals surface area contributed by atoms with Gasteiger partial charge in [0, 0.05) is 18.6 Å². The molecule has 0 spiro atoms. The Kier molecular flexibility index (Phi) is 10.4. The Hall–Kier alpha value is -1.72. The van der Waals surface area contributed by atoms with Gasteiger partial charge in [-0.2, -0.15) is 0 Å². The smallest absolute Gasteiger partial charge is 0.241 e. The van der Waals surface area contributed by atoms with Gasteiger partial charge >= 0.3 is 0 Å². The van der Waals surface area contributed by atoms with Crippen LogP contribution in [0.15, 0.2) is 52.4 Å². The molecule has 0 bridgehead atoms. The Morgan fingerprint density at radius 2 is 1.77 bits per heavy atom. The van der Waals surface area contributed by atoms with Crippen molar-refractivity contribution >= 4 is 40.0 Å². The molecule has 2 rings (SSSR count). The summed E-state index contributed by atoms with van der Waals surface area (Å²) in [5.74, 6) is 0.264. The van der Waals surface area contributed by atoms with Crippen LogP contribution >= 0.6 is 24.0 Å². The molecule has 0 aromatic heterocycles. The maximum absolute atomic E-state index is 13.8. The third kappa shape index (κ3) is 8.74. The number of sulfonamides is 1. The predicted octanol–water partition coefficient (Wildman–Crippen LogP) is 4.08. The van der Waals surface area contributed by atoms with Crippen LogP contribution < -0.4 is 15.4 Å². The maximum Gasteiger partial charge on any atom is 0.241 e. The monoisotopic (exact) mass is 562 g/mol.